The van der Waals surface area contributed by atoms with Crippen molar-refractivity contribution in [3.63, 3.8) is 0 Å². The predicted octanol–water partition coefficient (Wildman–Crippen LogP) is 4.42. The first-order chi connectivity index (χ1) is 7.33. The molecule has 1 heteroatoms. The monoisotopic (exact) mass is 206 g/mol. The third kappa shape index (κ3) is 5.46. The maximum absolute atomic E-state index is 5.79. The Balaban J connectivity index is 2.16. The van der Waals surface area contributed by atoms with Crippen LogP contribution in [0.15, 0.2) is 30.3 Å². The van der Waals surface area contributed by atoms with Gasteiger partial charge in [0.1, 0.15) is 5.75 Å². The average Bonchev–Trinajstić information content (AvgIpc) is 2.26. The van der Waals surface area contributed by atoms with Crippen molar-refractivity contribution in [1.82, 2.24) is 0 Å². The van der Waals surface area contributed by atoms with Gasteiger partial charge in [0.25, 0.3) is 0 Å². The zero-order valence-electron chi connectivity index (χ0n) is 9.91. The molecular formula is C14H22O. The van der Waals surface area contributed by atoms with Gasteiger partial charge in [-0.25, -0.2) is 0 Å². The Morgan fingerprint density at radius 2 is 1.80 bits per heavy atom. The van der Waals surface area contributed by atoms with Crippen LogP contribution in [0, 0.1) is 0 Å². The van der Waals surface area contributed by atoms with E-state index in [-0.39, 0.29) is 0 Å². The molecule has 1 nitrogen and oxygen atoms in total. The molecule has 0 saturated heterocycles. The molecule has 84 valence electrons. The van der Waals surface area contributed by atoms with Crippen molar-refractivity contribution in [1.29, 1.82) is 0 Å². The molecule has 0 fully saturated rings. The number of ether oxygens (including phenoxy) is 1. The molecule has 1 rings (SSSR count). The van der Waals surface area contributed by atoms with Crippen LogP contribution in [-0.2, 0) is 0 Å². The Morgan fingerprint density at radius 1 is 1.07 bits per heavy atom. The Hall–Kier alpha value is -0.980. The van der Waals surface area contributed by atoms with Gasteiger partial charge in [-0.05, 0) is 31.9 Å². The lowest BCUT2D eigenvalue weighted by Gasteiger charge is -2.14. The van der Waals surface area contributed by atoms with Gasteiger partial charge < -0.3 is 4.74 Å². The number of rotatable bonds is 7. The summed E-state index contributed by atoms with van der Waals surface area (Å²) in [4.78, 5) is 0. The van der Waals surface area contributed by atoms with Crippen LogP contribution in [0.4, 0.5) is 0 Å². The van der Waals surface area contributed by atoms with Crippen molar-refractivity contribution in [3.8, 4) is 5.75 Å². The SMILES string of the molecule is CCCCCC[C@H](C)Oc1ccccc1. The fourth-order valence-electron chi connectivity index (χ4n) is 1.65. The van der Waals surface area contributed by atoms with E-state index in [0.717, 1.165) is 12.2 Å². The standard InChI is InChI=1S/C14H22O/c1-3-4-5-7-10-13(2)15-14-11-8-6-9-12-14/h6,8-9,11-13H,3-5,7,10H2,1-2H3/t13-/m0/s1. The lowest BCUT2D eigenvalue weighted by molar-refractivity contribution is 0.206. The van der Waals surface area contributed by atoms with Crippen LogP contribution in [0.1, 0.15) is 46.0 Å². The van der Waals surface area contributed by atoms with Gasteiger partial charge in [0, 0.05) is 0 Å². The molecule has 0 N–H and O–H groups in total. The Kier molecular flexibility index (Phi) is 5.91. The van der Waals surface area contributed by atoms with Gasteiger partial charge in [-0.3, -0.25) is 0 Å². The van der Waals surface area contributed by atoms with Crippen molar-refractivity contribution >= 4 is 0 Å². The number of hydrogen-bond donors (Lipinski definition) is 0. The molecule has 0 aliphatic heterocycles. The summed E-state index contributed by atoms with van der Waals surface area (Å²) in [5.74, 6) is 0.987. The van der Waals surface area contributed by atoms with Crippen LogP contribution in [0.25, 0.3) is 0 Å². The molecule has 1 aromatic rings. The minimum atomic E-state index is 0.337. The number of unbranched alkanes of at least 4 members (excludes halogenated alkanes) is 3. The van der Waals surface area contributed by atoms with Gasteiger partial charge in [-0.2, -0.15) is 0 Å². The van der Waals surface area contributed by atoms with Crippen molar-refractivity contribution in [2.75, 3.05) is 0 Å². The maximum atomic E-state index is 5.79. The Morgan fingerprint density at radius 3 is 2.47 bits per heavy atom. The van der Waals surface area contributed by atoms with Crippen molar-refractivity contribution in [2.45, 2.75) is 52.1 Å². The van der Waals surface area contributed by atoms with Crippen LogP contribution >= 0.6 is 0 Å². The highest BCUT2D eigenvalue weighted by Crippen LogP contribution is 2.14. The second-order valence-electron chi connectivity index (χ2n) is 4.09. The normalized spacial score (nSPS) is 12.4. The summed E-state index contributed by atoms with van der Waals surface area (Å²) < 4.78 is 5.79. The van der Waals surface area contributed by atoms with Crippen molar-refractivity contribution in [2.24, 2.45) is 0 Å². The third-order valence-corrected chi connectivity index (χ3v) is 2.54. The van der Waals surface area contributed by atoms with Crippen molar-refractivity contribution in [3.05, 3.63) is 30.3 Å². The maximum Gasteiger partial charge on any atom is 0.119 e. The van der Waals surface area contributed by atoms with Gasteiger partial charge in [0.2, 0.25) is 0 Å². The molecule has 0 bridgehead atoms. The van der Waals surface area contributed by atoms with E-state index < -0.39 is 0 Å². The van der Waals surface area contributed by atoms with Crippen LogP contribution in [0.5, 0.6) is 5.75 Å². The second-order valence-corrected chi connectivity index (χ2v) is 4.09. The zero-order chi connectivity index (χ0) is 10.9. The Bertz CT molecular complexity index is 243. The average molecular weight is 206 g/mol. The lowest BCUT2D eigenvalue weighted by Crippen LogP contribution is -2.11. The van der Waals surface area contributed by atoms with E-state index in [9.17, 15) is 0 Å². The zero-order valence-corrected chi connectivity index (χ0v) is 9.91. The highest BCUT2D eigenvalue weighted by Gasteiger charge is 2.02. The molecule has 1 aromatic carbocycles. The number of benzene rings is 1. The summed E-state index contributed by atoms with van der Waals surface area (Å²) in [6.45, 7) is 4.39. The quantitative estimate of drug-likeness (QED) is 0.600. The summed E-state index contributed by atoms with van der Waals surface area (Å²) >= 11 is 0. The summed E-state index contributed by atoms with van der Waals surface area (Å²) in [5, 5.41) is 0. The first-order valence-corrected chi connectivity index (χ1v) is 6.04. The smallest absolute Gasteiger partial charge is 0.119 e. The minimum Gasteiger partial charge on any atom is -0.491 e. The molecule has 0 unspecified atom stereocenters. The highest BCUT2D eigenvalue weighted by molar-refractivity contribution is 5.21. The largest absolute Gasteiger partial charge is 0.491 e. The number of para-hydroxylation sites is 1. The van der Waals surface area contributed by atoms with Gasteiger partial charge in [0.05, 0.1) is 6.10 Å². The van der Waals surface area contributed by atoms with E-state index in [2.05, 4.69) is 13.8 Å². The number of hydrogen-bond acceptors (Lipinski definition) is 1. The molecule has 1 atom stereocenters. The first kappa shape index (κ1) is 12.1. The third-order valence-electron chi connectivity index (χ3n) is 2.54. The van der Waals surface area contributed by atoms with Crippen molar-refractivity contribution < 1.29 is 4.74 Å². The molecule has 0 aliphatic rings. The van der Waals surface area contributed by atoms with E-state index in [1.165, 1.54) is 25.7 Å². The van der Waals surface area contributed by atoms with Gasteiger partial charge in [-0.1, -0.05) is 44.4 Å². The molecule has 0 radical (unpaired) electrons. The Labute approximate surface area is 93.5 Å². The molecule has 0 aromatic heterocycles. The van der Waals surface area contributed by atoms with Gasteiger partial charge in [-0.15, -0.1) is 0 Å². The van der Waals surface area contributed by atoms with E-state index in [1.54, 1.807) is 0 Å². The van der Waals surface area contributed by atoms with Crippen LogP contribution in [-0.4, -0.2) is 6.10 Å². The molecule has 0 saturated carbocycles. The molecule has 0 aliphatic carbocycles. The fraction of sp³-hybridized carbons (Fsp3) is 0.571. The fourth-order valence-corrected chi connectivity index (χ4v) is 1.65. The summed E-state index contributed by atoms with van der Waals surface area (Å²) in [6.07, 6.45) is 6.76. The van der Waals surface area contributed by atoms with Gasteiger partial charge in [0.15, 0.2) is 0 Å². The van der Waals surface area contributed by atoms with E-state index in [4.69, 9.17) is 4.74 Å². The summed E-state index contributed by atoms with van der Waals surface area (Å²) in [5.41, 5.74) is 0. The second kappa shape index (κ2) is 7.33. The van der Waals surface area contributed by atoms with Crippen LogP contribution in [0.2, 0.25) is 0 Å². The van der Waals surface area contributed by atoms with E-state index in [0.29, 0.717) is 6.10 Å². The van der Waals surface area contributed by atoms with Crippen LogP contribution in [0.3, 0.4) is 0 Å². The summed E-state index contributed by atoms with van der Waals surface area (Å²) in [7, 11) is 0. The van der Waals surface area contributed by atoms with E-state index >= 15 is 0 Å². The predicted molar refractivity (Wildman–Crippen MR) is 65.3 cm³/mol. The van der Waals surface area contributed by atoms with Crippen LogP contribution < -0.4 is 4.74 Å². The topological polar surface area (TPSA) is 9.23 Å². The summed E-state index contributed by atoms with van der Waals surface area (Å²) in [6, 6.07) is 10.1. The molecule has 0 spiro atoms. The molecule has 0 heterocycles. The minimum absolute atomic E-state index is 0.337. The molecule has 0 amide bonds. The van der Waals surface area contributed by atoms with Gasteiger partial charge >= 0.3 is 0 Å². The first-order valence-electron chi connectivity index (χ1n) is 6.04. The lowest BCUT2D eigenvalue weighted by atomic mass is 10.1. The highest BCUT2D eigenvalue weighted by atomic mass is 16.5. The molecule has 15 heavy (non-hydrogen) atoms. The molecular weight excluding hydrogens is 184 g/mol. The van der Waals surface area contributed by atoms with E-state index in [1.807, 2.05) is 30.3 Å².